The standard InChI is InChI=1S/C31H44N2O3.C19H25N.C12H21NO4.CH4/c1-31(2,3)36-30(35)33-22-20-27(21-23-33)24-29(34)32-28(18-10-16-25-12-6-4-7-13-25)19-11-17-26-14-8-5-9-15-26;20-19(15-7-13-17-9-3-1-4-10-17)16-8-14-18-11-5-2-6-12-18;1-12(2,3)17-11(16)13-6-4-9(5-7-13)8-10(14)15;/h4-9,12-15,27-28H,10-11,16-24H2,1-3H3,(H,32,34);1-6,9-12,19H,7-8,13-16,20H2;9H,4-8H2,1-3H3,(H,14,15);1H4. The summed E-state index contributed by atoms with van der Waals surface area (Å²) in [6.07, 6.45) is 16.5. The highest BCUT2D eigenvalue weighted by atomic mass is 16.6. The number of hydrogen-bond acceptors (Lipinski definition) is 7. The maximum Gasteiger partial charge on any atom is 0.410 e. The van der Waals surface area contributed by atoms with Gasteiger partial charge in [-0.1, -0.05) is 129 Å². The van der Waals surface area contributed by atoms with Crippen LogP contribution in [0.2, 0.25) is 0 Å². The molecule has 11 nitrogen and oxygen atoms in total. The Morgan fingerprint density at radius 3 is 1.12 bits per heavy atom. The maximum absolute atomic E-state index is 13.0. The molecule has 4 aromatic rings. The van der Waals surface area contributed by atoms with Crippen LogP contribution in [0.1, 0.15) is 161 Å². The lowest BCUT2D eigenvalue weighted by atomic mass is 9.93. The van der Waals surface area contributed by atoms with Crippen molar-refractivity contribution < 1.29 is 33.8 Å². The van der Waals surface area contributed by atoms with Crippen molar-refractivity contribution in [2.45, 2.75) is 188 Å². The molecule has 6 rings (SSSR count). The van der Waals surface area contributed by atoms with E-state index in [0.717, 1.165) is 89.9 Å². The molecular formula is C63H94N4O7. The van der Waals surface area contributed by atoms with E-state index < -0.39 is 17.2 Å². The largest absolute Gasteiger partial charge is 0.481 e. The number of aliphatic carboxylic acids is 1. The zero-order valence-corrected chi connectivity index (χ0v) is 45.3. The third-order valence-corrected chi connectivity index (χ3v) is 13.3. The summed E-state index contributed by atoms with van der Waals surface area (Å²) in [6.45, 7) is 13.7. The number of piperidine rings is 2. The predicted octanol–water partition coefficient (Wildman–Crippen LogP) is 13.7. The van der Waals surface area contributed by atoms with Crippen LogP contribution in [0, 0.1) is 11.8 Å². The quantitative estimate of drug-likeness (QED) is 0.0746. The molecule has 2 aliphatic rings. The van der Waals surface area contributed by atoms with Gasteiger partial charge in [0.15, 0.2) is 0 Å². The number of carbonyl (C=O) groups is 4. The van der Waals surface area contributed by atoms with E-state index in [2.05, 4.69) is 115 Å². The van der Waals surface area contributed by atoms with E-state index in [1.165, 1.54) is 35.1 Å². The fourth-order valence-electron chi connectivity index (χ4n) is 9.34. The topological polar surface area (TPSA) is 152 Å². The lowest BCUT2D eigenvalue weighted by molar-refractivity contribution is -0.138. The molecule has 0 saturated carbocycles. The van der Waals surface area contributed by atoms with Crippen LogP contribution in [0.4, 0.5) is 9.59 Å². The summed E-state index contributed by atoms with van der Waals surface area (Å²) in [5.74, 6) is -0.111. The molecule has 0 aromatic heterocycles. The number of nitrogens with two attached hydrogens (primary N) is 1. The Balaban J connectivity index is 0.000000321. The predicted molar refractivity (Wildman–Crippen MR) is 302 cm³/mol. The maximum atomic E-state index is 13.0. The molecule has 3 amide bonds. The second-order valence-corrected chi connectivity index (χ2v) is 22.2. The van der Waals surface area contributed by atoms with Crippen LogP contribution in [-0.4, -0.2) is 88.4 Å². The van der Waals surface area contributed by atoms with Gasteiger partial charge in [-0.15, -0.1) is 0 Å². The number of benzene rings is 4. The van der Waals surface area contributed by atoms with E-state index in [-0.39, 0.29) is 43.9 Å². The average Bonchev–Trinajstić information content (AvgIpc) is 3.35. The number of carbonyl (C=O) groups excluding carboxylic acids is 3. The van der Waals surface area contributed by atoms with Crippen LogP contribution in [0.15, 0.2) is 121 Å². The van der Waals surface area contributed by atoms with Crippen LogP contribution >= 0.6 is 0 Å². The first-order chi connectivity index (χ1) is 34.9. The number of nitrogens with zero attached hydrogens (tertiary/aromatic N) is 2. The van der Waals surface area contributed by atoms with E-state index in [1.807, 2.05) is 53.7 Å². The highest BCUT2D eigenvalue weighted by molar-refractivity contribution is 5.76. The van der Waals surface area contributed by atoms with Gasteiger partial charge in [0.25, 0.3) is 0 Å². The first kappa shape index (κ1) is 62.6. The number of likely N-dealkylation sites (tertiary alicyclic amines) is 2. The number of ether oxygens (including phenoxy) is 2. The Morgan fingerprint density at radius 2 is 0.824 bits per heavy atom. The van der Waals surface area contributed by atoms with Crippen molar-refractivity contribution >= 4 is 24.1 Å². The van der Waals surface area contributed by atoms with Gasteiger partial charge in [-0.05, 0) is 178 Å². The van der Waals surface area contributed by atoms with Gasteiger partial charge >= 0.3 is 18.2 Å². The van der Waals surface area contributed by atoms with Crippen LogP contribution in [0.25, 0.3) is 0 Å². The molecule has 2 saturated heterocycles. The molecule has 74 heavy (non-hydrogen) atoms. The van der Waals surface area contributed by atoms with Crippen LogP contribution < -0.4 is 11.1 Å². The van der Waals surface area contributed by atoms with Gasteiger partial charge in [0, 0.05) is 51.1 Å². The Kier molecular flexibility index (Phi) is 28.8. The molecule has 0 unspecified atom stereocenters. The molecule has 4 aromatic carbocycles. The lowest BCUT2D eigenvalue weighted by Crippen LogP contribution is -2.43. The molecule has 2 aliphatic heterocycles. The number of carboxylic acid groups (broad SMARTS) is 1. The van der Waals surface area contributed by atoms with Crippen molar-refractivity contribution in [3.63, 3.8) is 0 Å². The number of amides is 3. The molecule has 0 aliphatic carbocycles. The second-order valence-electron chi connectivity index (χ2n) is 22.2. The third kappa shape index (κ3) is 28.1. The van der Waals surface area contributed by atoms with Gasteiger partial charge < -0.3 is 35.4 Å². The number of carboxylic acids is 1. The average molecular weight is 1020 g/mol. The van der Waals surface area contributed by atoms with E-state index in [0.29, 0.717) is 44.6 Å². The fourth-order valence-corrected chi connectivity index (χ4v) is 9.34. The Labute approximate surface area is 446 Å². The number of nitrogens with one attached hydrogen (secondary N) is 1. The minimum atomic E-state index is -0.763. The second kappa shape index (κ2) is 34.0. The van der Waals surface area contributed by atoms with E-state index in [1.54, 1.807) is 9.80 Å². The Hall–Kier alpha value is -5.68. The number of hydrogen-bond donors (Lipinski definition) is 3. The molecule has 4 N–H and O–H groups in total. The van der Waals surface area contributed by atoms with Crippen molar-refractivity contribution in [2.75, 3.05) is 26.2 Å². The van der Waals surface area contributed by atoms with Gasteiger partial charge in [-0.25, -0.2) is 9.59 Å². The van der Waals surface area contributed by atoms with Gasteiger partial charge in [0.2, 0.25) is 5.91 Å². The summed E-state index contributed by atoms with van der Waals surface area (Å²) >= 11 is 0. The van der Waals surface area contributed by atoms with Gasteiger partial charge in [0.05, 0.1) is 0 Å². The van der Waals surface area contributed by atoms with Crippen molar-refractivity contribution in [3.8, 4) is 0 Å². The van der Waals surface area contributed by atoms with Crippen LogP contribution in [-0.2, 0) is 44.7 Å². The highest BCUT2D eigenvalue weighted by Gasteiger charge is 2.29. The monoisotopic (exact) mass is 1020 g/mol. The van der Waals surface area contributed by atoms with Crippen molar-refractivity contribution in [1.82, 2.24) is 15.1 Å². The molecule has 0 spiro atoms. The zero-order valence-electron chi connectivity index (χ0n) is 45.3. The first-order valence-corrected chi connectivity index (χ1v) is 27.3. The fraction of sp³-hybridized carbons (Fsp3) is 0.556. The molecular weight excluding hydrogens is 925 g/mol. The smallest absolute Gasteiger partial charge is 0.410 e. The van der Waals surface area contributed by atoms with Crippen molar-refractivity contribution in [1.29, 1.82) is 0 Å². The summed E-state index contributed by atoms with van der Waals surface area (Å²) in [5.41, 5.74) is 10.8. The molecule has 408 valence electrons. The molecule has 0 atom stereocenters. The molecule has 2 fully saturated rings. The third-order valence-electron chi connectivity index (χ3n) is 13.3. The lowest BCUT2D eigenvalue weighted by Gasteiger charge is -2.33. The van der Waals surface area contributed by atoms with Crippen molar-refractivity contribution in [2.24, 2.45) is 17.6 Å². The molecule has 2 heterocycles. The van der Waals surface area contributed by atoms with Crippen LogP contribution in [0.5, 0.6) is 0 Å². The first-order valence-electron chi connectivity index (χ1n) is 27.3. The molecule has 0 radical (unpaired) electrons. The number of aryl methyl sites for hydroxylation is 4. The Bertz CT molecular complexity index is 2040. The number of rotatable bonds is 21. The Morgan fingerprint density at radius 1 is 0.527 bits per heavy atom. The minimum absolute atomic E-state index is 0. The van der Waals surface area contributed by atoms with E-state index in [9.17, 15) is 19.2 Å². The van der Waals surface area contributed by atoms with Crippen LogP contribution in [0.3, 0.4) is 0 Å². The summed E-state index contributed by atoms with van der Waals surface area (Å²) < 4.78 is 10.8. The highest BCUT2D eigenvalue weighted by Crippen LogP contribution is 2.24. The summed E-state index contributed by atoms with van der Waals surface area (Å²) in [5, 5.41) is 12.0. The summed E-state index contributed by atoms with van der Waals surface area (Å²) in [6, 6.07) is 43.0. The SMILES string of the molecule is C.CC(C)(C)OC(=O)N1CCC(CC(=O)NC(CCCc2ccccc2)CCCc2ccccc2)CC1.CC(C)(C)OC(=O)N1CCC(CC(=O)O)CC1.NC(CCCc1ccccc1)CCCc1ccccc1. The zero-order chi connectivity index (χ0) is 52.9. The minimum Gasteiger partial charge on any atom is -0.481 e. The van der Waals surface area contributed by atoms with E-state index >= 15 is 0 Å². The van der Waals surface area contributed by atoms with Gasteiger partial charge in [0.1, 0.15) is 11.2 Å². The summed E-state index contributed by atoms with van der Waals surface area (Å²) in [7, 11) is 0. The van der Waals surface area contributed by atoms with Gasteiger partial charge in [-0.3, -0.25) is 9.59 Å². The molecule has 11 heteroatoms. The van der Waals surface area contributed by atoms with Crippen molar-refractivity contribution in [3.05, 3.63) is 144 Å². The summed E-state index contributed by atoms with van der Waals surface area (Å²) in [4.78, 5) is 51.0. The molecule has 0 bridgehead atoms. The van der Waals surface area contributed by atoms with E-state index in [4.69, 9.17) is 20.3 Å². The van der Waals surface area contributed by atoms with Gasteiger partial charge in [-0.2, -0.15) is 0 Å². The normalized spacial score (nSPS) is 14.2.